The molecule has 1 aliphatic heterocycles. The number of fused-ring (bicyclic) bond motifs is 3. The molecule has 0 saturated carbocycles. The molecule has 0 bridgehead atoms. The van der Waals surface area contributed by atoms with E-state index in [1.165, 1.54) is 17.3 Å². The number of methoxy groups -OCH3 is 1. The van der Waals surface area contributed by atoms with Crippen LogP contribution in [0.15, 0.2) is 24.5 Å². The minimum Gasteiger partial charge on any atom is -0.494 e. The molecule has 0 radical (unpaired) electrons. The van der Waals surface area contributed by atoms with Gasteiger partial charge in [-0.1, -0.05) is 12.5 Å². The van der Waals surface area contributed by atoms with Crippen LogP contribution in [0.5, 0.6) is 5.75 Å². The number of likely N-dealkylation sites (tertiary alicyclic amines) is 1. The van der Waals surface area contributed by atoms with Crippen LogP contribution in [0, 0.1) is 0 Å². The zero-order valence-corrected chi connectivity index (χ0v) is 16.3. The van der Waals surface area contributed by atoms with Gasteiger partial charge in [0.2, 0.25) is 5.95 Å². The standard InChI is InChI=1S/C10H9N5O.C9H16F3N/c1-16-7-4-2-3-6-8(7)14-10(11)15-9(6)12-5-13-15;10-9(11,12)5-4-8-13-6-2-1-3-7-13/h2-5H,1H3,(H2,11,14);1-8H2. The Morgan fingerprint density at radius 2 is 1.93 bits per heavy atom. The van der Waals surface area contributed by atoms with E-state index in [1.807, 2.05) is 18.2 Å². The summed E-state index contributed by atoms with van der Waals surface area (Å²) < 4.78 is 42.1. The highest BCUT2D eigenvalue weighted by Crippen LogP contribution is 2.26. The third-order valence-corrected chi connectivity index (χ3v) is 4.83. The second-order valence-corrected chi connectivity index (χ2v) is 6.94. The molecule has 2 aromatic heterocycles. The SMILES string of the molecule is COc1cccc2c1nc(N)n1ncnc21.FC(F)(F)CCCN1CCCCC1. The number of hydrogen-bond donors (Lipinski definition) is 1. The van der Waals surface area contributed by atoms with Gasteiger partial charge in [-0.05, 0) is 51.0 Å². The maximum atomic E-state index is 11.8. The number of nitrogens with zero attached hydrogens (tertiary/aromatic N) is 5. The van der Waals surface area contributed by atoms with E-state index >= 15 is 0 Å². The Hall–Kier alpha value is -2.62. The first kappa shape index (κ1) is 21.1. The van der Waals surface area contributed by atoms with Crippen molar-refractivity contribution in [2.75, 3.05) is 32.5 Å². The Morgan fingerprint density at radius 3 is 2.62 bits per heavy atom. The molecule has 3 aromatic rings. The molecule has 7 nitrogen and oxygen atoms in total. The van der Waals surface area contributed by atoms with Crippen molar-refractivity contribution in [3.05, 3.63) is 24.5 Å². The molecule has 0 amide bonds. The smallest absolute Gasteiger partial charge is 0.389 e. The lowest BCUT2D eigenvalue weighted by Gasteiger charge is -2.26. The molecule has 1 fully saturated rings. The molecule has 0 unspecified atom stereocenters. The van der Waals surface area contributed by atoms with Crippen molar-refractivity contribution in [3.8, 4) is 5.75 Å². The van der Waals surface area contributed by atoms with Gasteiger partial charge in [-0.25, -0.2) is 9.97 Å². The Bertz CT molecular complexity index is 937. The number of halogens is 3. The largest absolute Gasteiger partial charge is 0.494 e. The number of para-hydroxylation sites is 1. The molecule has 1 aliphatic rings. The van der Waals surface area contributed by atoms with Gasteiger partial charge in [0.25, 0.3) is 0 Å². The van der Waals surface area contributed by atoms with E-state index in [0.717, 1.165) is 31.3 Å². The molecule has 158 valence electrons. The van der Waals surface area contributed by atoms with Crippen molar-refractivity contribution in [2.24, 2.45) is 0 Å². The maximum absolute atomic E-state index is 11.8. The monoisotopic (exact) mass is 410 g/mol. The van der Waals surface area contributed by atoms with Crippen molar-refractivity contribution in [3.63, 3.8) is 0 Å². The summed E-state index contributed by atoms with van der Waals surface area (Å²) in [6, 6.07) is 5.63. The molecule has 1 saturated heterocycles. The first-order chi connectivity index (χ1) is 13.9. The van der Waals surface area contributed by atoms with Gasteiger partial charge in [0.05, 0.1) is 7.11 Å². The molecule has 2 N–H and O–H groups in total. The first-order valence-electron chi connectivity index (χ1n) is 9.60. The first-order valence-corrected chi connectivity index (χ1v) is 9.60. The van der Waals surface area contributed by atoms with Crippen LogP contribution < -0.4 is 10.5 Å². The van der Waals surface area contributed by atoms with E-state index in [9.17, 15) is 13.2 Å². The Balaban J connectivity index is 0.000000170. The normalized spacial score (nSPS) is 15.3. The fourth-order valence-electron chi connectivity index (χ4n) is 3.42. The Kier molecular flexibility index (Phi) is 6.73. The summed E-state index contributed by atoms with van der Waals surface area (Å²) >= 11 is 0. The minimum atomic E-state index is -3.98. The molecule has 1 aromatic carbocycles. The van der Waals surface area contributed by atoms with Crippen LogP contribution in [0.25, 0.3) is 16.6 Å². The van der Waals surface area contributed by atoms with E-state index in [-0.39, 0.29) is 6.42 Å². The average molecular weight is 410 g/mol. The lowest BCUT2D eigenvalue weighted by Crippen LogP contribution is -2.31. The van der Waals surface area contributed by atoms with Gasteiger partial charge in [0.1, 0.15) is 17.6 Å². The molecule has 0 spiro atoms. The van der Waals surface area contributed by atoms with Gasteiger partial charge >= 0.3 is 6.18 Å². The van der Waals surface area contributed by atoms with Crippen LogP contribution in [-0.2, 0) is 0 Å². The third kappa shape index (κ3) is 5.47. The number of piperidine rings is 1. The van der Waals surface area contributed by atoms with E-state index in [2.05, 4.69) is 20.0 Å². The van der Waals surface area contributed by atoms with Crippen molar-refractivity contribution in [1.29, 1.82) is 0 Å². The summed E-state index contributed by atoms with van der Waals surface area (Å²) in [5.74, 6) is 0.971. The summed E-state index contributed by atoms with van der Waals surface area (Å²) in [6.45, 7) is 2.58. The van der Waals surface area contributed by atoms with Crippen LogP contribution in [-0.4, -0.2) is 57.4 Å². The average Bonchev–Trinajstić information content (AvgIpc) is 3.19. The van der Waals surface area contributed by atoms with E-state index in [1.54, 1.807) is 7.11 Å². The van der Waals surface area contributed by atoms with Crippen molar-refractivity contribution < 1.29 is 17.9 Å². The lowest BCUT2D eigenvalue weighted by atomic mass is 10.1. The molecule has 4 rings (SSSR count). The van der Waals surface area contributed by atoms with E-state index < -0.39 is 12.6 Å². The third-order valence-electron chi connectivity index (χ3n) is 4.83. The zero-order valence-electron chi connectivity index (χ0n) is 16.3. The fourth-order valence-corrected chi connectivity index (χ4v) is 3.42. The van der Waals surface area contributed by atoms with Gasteiger partial charge in [0.15, 0.2) is 5.65 Å². The second-order valence-electron chi connectivity index (χ2n) is 6.94. The molecular formula is C19H25F3N6O. The molecule has 29 heavy (non-hydrogen) atoms. The number of alkyl halides is 3. The predicted molar refractivity (Wildman–Crippen MR) is 105 cm³/mol. The number of hydrogen-bond acceptors (Lipinski definition) is 6. The Labute approximate surface area is 166 Å². The molecule has 3 heterocycles. The van der Waals surface area contributed by atoms with Crippen LogP contribution in [0.1, 0.15) is 32.1 Å². The number of anilines is 1. The molecule has 0 aliphatic carbocycles. The Morgan fingerprint density at radius 1 is 1.17 bits per heavy atom. The number of nitrogen functional groups attached to an aromatic ring is 1. The van der Waals surface area contributed by atoms with E-state index in [0.29, 0.717) is 29.4 Å². The van der Waals surface area contributed by atoms with Crippen LogP contribution in [0.2, 0.25) is 0 Å². The maximum Gasteiger partial charge on any atom is 0.389 e. The second kappa shape index (κ2) is 9.25. The van der Waals surface area contributed by atoms with Crippen molar-refractivity contribution in [1.82, 2.24) is 24.5 Å². The summed E-state index contributed by atoms with van der Waals surface area (Å²) in [7, 11) is 1.60. The van der Waals surface area contributed by atoms with E-state index in [4.69, 9.17) is 10.5 Å². The summed E-state index contributed by atoms with van der Waals surface area (Å²) in [5.41, 5.74) is 7.16. The van der Waals surface area contributed by atoms with Crippen molar-refractivity contribution >= 4 is 22.5 Å². The summed E-state index contributed by atoms with van der Waals surface area (Å²) in [6.07, 6.45) is 0.614. The van der Waals surface area contributed by atoms with Crippen molar-refractivity contribution in [2.45, 2.75) is 38.3 Å². The predicted octanol–water partition coefficient (Wildman–Crippen LogP) is 3.68. The number of ether oxygens (including phenoxy) is 1. The number of nitrogens with two attached hydrogens (primary N) is 1. The molecule has 0 atom stereocenters. The van der Waals surface area contributed by atoms with Gasteiger partial charge < -0.3 is 15.4 Å². The highest BCUT2D eigenvalue weighted by Gasteiger charge is 2.26. The lowest BCUT2D eigenvalue weighted by molar-refractivity contribution is -0.136. The van der Waals surface area contributed by atoms with Gasteiger partial charge in [0, 0.05) is 11.8 Å². The van der Waals surface area contributed by atoms with Crippen LogP contribution in [0.3, 0.4) is 0 Å². The van der Waals surface area contributed by atoms with Gasteiger partial charge in [-0.2, -0.15) is 22.8 Å². The van der Waals surface area contributed by atoms with Gasteiger partial charge in [-0.3, -0.25) is 0 Å². The number of rotatable bonds is 4. The highest BCUT2D eigenvalue weighted by molar-refractivity contribution is 5.95. The molecule has 10 heteroatoms. The fraction of sp³-hybridized carbons (Fsp3) is 0.526. The summed E-state index contributed by atoms with van der Waals surface area (Å²) in [4.78, 5) is 10.6. The molecular weight excluding hydrogens is 385 g/mol. The number of aromatic nitrogens is 4. The minimum absolute atomic E-state index is 0.253. The van der Waals surface area contributed by atoms with Gasteiger partial charge in [-0.15, -0.1) is 0 Å². The highest BCUT2D eigenvalue weighted by atomic mass is 19.4. The quantitative estimate of drug-likeness (QED) is 0.707. The van der Waals surface area contributed by atoms with Crippen LogP contribution >= 0.6 is 0 Å². The van der Waals surface area contributed by atoms with Crippen LogP contribution in [0.4, 0.5) is 19.1 Å². The topological polar surface area (TPSA) is 81.6 Å². The summed E-state index contributed by atoms with van der Waals surface area (Å²) in [5, 5.41) is 4.87. The number of benzene rings is 1. The zero-order chi connectivity index (χ0) is 20.9.